The summed E-state index contributed by atoms with van der Waals surface area (Å²) in [5, 5.41) is 0.190. The van der Waals surface area contributed by atoms with Gasteiger partial charge in [0.15, 0.2) is 0 Å². The predicted molar refractivity (Wildman–Crippen MR) is 74.8 cm³/mol. The molecule has 0 nitrogen and oxygen atoms in total. The Hall–Kier alpha value is 0.950. The predicted octanol–water partition coefficient (Wildman–Crippen LogP) is 5.99. The van der Waals surface area contributed by atoms with Gasteiger partial charge in [-0.2, -0.15) is 0 Å². The summed E-state index contributed by atoms with van der Waals surface area (Å²) in [6.45, 7) is 2.32. The molecule has 84 valence electrons. The molecule has 15 heavy (non-hydrogen) atoms. The fourth-order valence-corrected chi connectivity index (χ4v) is 5.03. The van der Waals surface area contributed by atoms with Gasteiger partial charge < -0.3 is 0 Å². The zero-order valence-corrected chi connectivity index (χ0v) is 13.2. The molecule has 1 fully saturated rings. The summed E-state index contributed by atoms with van der Waals surface area (Å²) in [6.07, 6.45) is 3.95. The van der Waals surface area contributed by atoms with E-state index in [1.807, 2.05) is 0 Å². The Morgan fingerprint density at radius 2 is 2.20 bits per heavy atom. The third kappa shape index (κ3) is 2.62. The lowest BCUT2D eigenvalue weighted by atomic mass is 9.93. The molecular formula is C11H13Br2ClS. The summed E-state index contributed by atoms with van der Waals surface area (Å²) in [4.78, 5) is 1.29. The van der Waals surface area contributed by atoms with Crippen molar-refractivity contribution in [3.63, 3.8) is 0 Å². The zero-order valence-electron chi connectivity index (χ0n) is 8.47. The number of hydrogen-bond donors (Lipinski definition) is 0. The minimum absolute atomic E-state index is 0.190. The Morgan fingerprint density at radius 3 is 2.67 bits per heavy atom. The highest BCUT2D eigenvalue weighted by molar-refractivity contribution is 9.13. The highest BCUT2D eigenvalue weighted by Gasteiger charge is 2.31. The van der Waals surface area contributed by atoms with Crippen LogP contribution in [0.1, 0.15) is 36.4 Å². The average Bonchev–Trinajstić information content (AvgIpc) is 2.74. The molecule has 0 spiro atoms. The van der Waals surface area contributed by atoms with Gasteiger partial charge in [0.1, 0.15) is 0 Å². The second-order valence-electron chi connectivity index (χ2n) is 4.24. The first-order valence-electron chi connectivity index (χ1n) is 5.18. The molecule has 0 bridgehead atoms. The van der Waals surface area contributed by atoms with Crippen LogP contribution in [-0.2, 0) is 0 Å². The fraction of sp³-hybridized carbons (Fsp3) is 0.636. The third-order valence-electron chi connectivity index (χ3n) is 3.24. The highest BCUT2D eigenvalue weighted by atomic mass is 79.9. The summed E-state index contributed by atoms with van der Waals surface area (Å²) >= 11 is 15.3. The van der Waals surface area contributed by atoms with Gasteiger partial charge in [-0.05, 0) is 56.2 Å². The molecular weight excluding hydrogens is 359 g/mol. The largest absolute Gasteiger partial charge is 0.130 e. The monoisotopic (exact) mass is 370 g/mol. The number of halogens is 3. The van der Waals surface area contributed by atoms with Crippen LogP contribution in [0.3, 0.4) is 0 Å². The fourth-order valence-electron chi connectivity index (χ4n) is 2.32. The van der Waals surface area contributed by atoms with Crippen molar-refractivity contribution in [2.75, 3.05) is 0 Å². The Morgan fingerprint density at radius 1 is 1.47 bits per heavy atom. The van der Waals surface area contributed by atoms with Crippen molar-refractivity contribution in [1.29, 1.82) is 0 Å². The topological polar surface area (TPSA) is 0 Å². The molecule has 0 N–H and O–H groups in total. The van der Waals surface area contributed by atoms with Gasteiger partial charge in [0.05, 0.1) is 9.16 Å². The summed E-state index contributed by atoms with van der Waals surface area (Å²) in [7, 11) is 0. The van der Waals surface area contributed by atoms with Crippen LogP contribution in [0.25, 0.3) is 0 Å². The Balaban J connectivity index is 2.16. The van der Waals surface area contributed by atoms with E-state index < -0.39 is 0 Å². The average molecular weight is 373 g/mol. The van der Waals surface area contributed by atoms with Crippen molar-refractivity contribution in [2.45, 2.75) is 31.6 Å². The second kappa shape index (κ2) is 5.07. The smallest absolute Gasteiger partial charge is 0.0843 e. The summed E-state index contributed by atoms with van der Waals surface area (Å²) < 4.78 is 2.27. The van der Waals surface area contributed by atoms with E-state index in [9.17, 15) is 0 Å². The van der Waals surface area contributed by atoms with E-state index in [4.69, 9.17) is 11.6 Å². The van der Waals surface area contributed by atoms with Crippen LogP contribution in [0, 0.1) is 11.8 Å². The number of thiophene rings is 1. The number of hydrogen-bond acceptors (Lipinski definition) is 1. The van der Waals surface area contributed by atoms with Gasteiger partial charge in [0.25, 0.3) is 0 Å². The standard InChI is InChI=1S/C11H13Br2ClS/c1-6-3-2-4-7(6)10(14)9-5-8(12)11(13)15-9/h5-7,10H,2-4H2,1H3. The van der Waals surface area contributed by atoms with Crippen molar-refractivity contribution in [3.05, 3.63) is 19.2 Å². The molecule has 1 aliphatic rings. The SMILES string of the molecule is CC1CCCC1C(Cl)c1cc(Br)c(Br)s1. The summed E-state index contributed by atoms with van der Waals surface area (Å²) in [5.41, 5.74) is 0. The lowest BCUT2D eigenvalue weighted by Crippen LogP contribution is -2.09. The molecule has 1 aliphatic carbocycles. The Labute approximate surface area is 117 Å². The van der Waals surface area contributed by atoms with Crippen LogP contribution >= 0.6 is 54.8 Å². The van der Waals surface area contributed by atoms with Crippen molar-refractivity contribution >= 4 is 54.8 Å². The van der Waals surface area contributed by atoms with Crippen LogP contribution in [0.2, 0.25) is 0 Å². The van der Waals surface area contributed by atoms with E-state index in [2.05, 4.69) is 44.8 Å². The molecule has 0 aliphatic heterocycles. The normalized spacial score (nSPS) is 28.3. The minimum atomic E-state index is 0.190. The molecule has 1 aromatic heterocycles. The third-order valence-corrected chi connectivity index (χ3v) is 7.27. The first-order chi connectivity index (χ1) is 7.09. The van der Waals surface area contributed by atoms with Crippen molar-refractivity contribution in [3.8, 4) is 0 Å². The van der Waals surface area contributed by atoms with E-state index in [0.29, 0.717) is 5.92 Å². The molecule has 3 atom stereocenters. The van der Waals surface area contributed by atoms with Gasteiger partial charge in [-0.3, -0.25) is 0 Å². The van der Waals surface area contributed by atoms with Gasteiger partial charge in [-0.25, -0.2) is 0 Å². The maximum Gasteiger partial charge on any atom is 0.0843 e. The summed E-state index contributed by atoms with van der Waals surface area (Å²) in [6, 6.07) is 2.15. The lowest BCUT2D eigenvalue weighted by molar-refractivity contribution is 0.408. The molecule has 3 unspecified atom stereocenters. The van der Waals surface area contributed by atoms with E-state index in [-0.39, 0.29) is 5.38 Å². The lowest BCUT2D eigenvalue weighted by Gasteiger charge is -2.20. The summed E-state index contributed by atoms with van der Waals surface area (Å²) in [5.74, 6) is 1.43. The van der Waals surface area contributed by atoms with Gasteiger partial charge in [0.2, 0.25) is 0 Å². The molecule has 0 aromatic carbocycles. The van der Waals surface area contributed by atoms with Crippen LogP contribution in [0.15, 0.2) is 14.3 Å². The molecule has 2 rings (SSSR count). The van der Waals surface area contributed by atoms with Gasteiger partial charge in [-0.1, -0.05) is 19.8 Å². The highest BCUT2D eigenvalue weighted by Crippen LogP contribution is 2.47. The first-order valence-corrected chi connectivity index (χ1v) is 8.02. The molecule has 1 saturated carbocycles. The van der Waals surface area contributed by atoms with E-state index >= 15 is 0 Å². The Bertz CT molecular complexity index is 331. The Kier molecular flexibility index (Phi) is 4.20. The first kappa shape index (κ1) is 12.4. The van der Waals surface area contributed by atoms with E-state index in [0.717, 1.165) is 14.2 Å². The molecule has 0 saturated heterocycles. The van der Waals surface area contributed by atoms with Crippen LogP contribution < -0.4 is 0 Å². The molecule has 0 amide bonds. The van der Waals surface area contributed by atoms with Gasteiger partial charge in [-0.15, -0.1) is 22.9 Å². The molecule has 0 radical (unpaired) electrons. The molecule has 4 heteroatoms. The second-order valence-corrected chi connectivity index (χ2v) is 7.97. The molecule has 1 aromatic rings. The number of alkyl halides is 1. The maximum atomic E-state index is 6.56. The van der Waals surface area contributed by atoms with Crippen molar-refractivity contribution in [1.82, 2.24) is 0 Å². The van der Waals surface area contributed by atoms with Crippen molar-refractivity contribution in [2.24, 2.45) is 11.8 Å². The maximum absolute atomic E-state index is 6.56. The van der Waals surface area contributed by atoms with Gasteiger partial charge >= 0.3 is 0 Å². The van der Waals surface area contributed by atoms with Crippen LogP contribution in [0.4, 0.5) is 0 Å². The zero-order chi connectivity index (χ0) is 11.0. The minimum Gasteiger partial charge on any atom is -0.130 e. The van der Waals surface area contributed by atoms with Crippen LogP contribution in [-0.4, -0.2) is 0 Å². The quantitative estimate of drug-likeness (QED) is 0.559. The van der Waals surface area contributed by atoms with Crippen molar-refractivity contribution < 1.29 is 0 Å². The van der Waals surface area contributed by atoms with Crippen LogP contribution in [0.5, 0.6) is 0 Å². The van der Waals surface area contributed by atoms with Gasteiger partial charge in [0, 0.05) is 9.35 Å². The van der Waals surface area contributed by atoms with E-state index in [1.54, 1.807) is 11.3 Å². The van der Waals surface area contributed by atoms with E-state index in [1.165, 1.54) is 24.1 Å². The molecule has 1 heterocycles. The number of rotatable bonds is 2.